The van der Waals surface area contributed by atoms with E-state index in [0.717, 1.165) is 62.2 Å². The number of thiazole rings is 1. The number of nitrogens with zero attached hydrogens (tertiary/aromatic N) is 1. The van der Waals surface area contributed by atoms with Crippen molar-refractivity contribution in [2.45, 2.75) is 31.6 Å². The van der Waals surface area contributed by atoms with Crippen LogP contribution in [0.1, 0.15) is 25.5 Å². The molecule has 0 bridgehead atoms. The fourth-order valence-corrected chi connectivity index (χ4v) is 6.09. The summed E-state index contributed by atoms with van der Waals surface area (Å²) in [5.74, 6) is -0.334. The molecule has 0 saturated heterocycles. The van der Waals surface area contributed by atoms with Crippen molar-refractivity contribution in [1.82, 2.24) is 10.3 Å². The number of thioether (sulfide) groups is 1. The maximum atomic E-state index is 11.8. The summed E-state index contributed by atoms with van der Waals surface area (Å²) >= 11 is 2.95. The van der Waals surface area contributed by atoms with Crippen LogP contribution in [-0.4, -0.2) is 40.6 Å². The highest BCUT2D eigenvalue weighted by molar-refractivity contribution is 7.98. The maximum Gasteiger partial charge on any atom is 0.407 e. The van der Waals surface area contributed by atoms with Crippen LogP contribution in [0.15, 0.2) is 76.5 Å². The van der Waals surface area contributed by atoms with Gasteiger partial charge in [-0.15, -0.1) is 11.3 Å². The molecule has 0 aliphatic carbocycles. The first-order valence-corrected chi connectivity index (χ1v) is 14.8. The molecule has 0 aliphatic rings. The van der Waals surface area contributed by atoms with Crippen molar-refractivity contribution >= 4 is 57.1 Å². The number of aliphatic carboxylic acids is 1. The van der Waals surface area contributed by atoms with Crippen molar-refractivity contribution in [2.75, 3.05) is 12.4 Å². The summed E-state index contributed by atoms with van der Waals surface area (Å²) in [5.41, 5.74) is 5.74. The van der Waals surface area contributed by atoms with Crippen LogP contribution in [0.25, 0.3) is 43.6 Å². The van der Waals surface area contributed by atoms with Gasteiger partial charge in [-0.2, -0.15) is 11.8 Å². The number of nitrogens with one attached hydrogen (secondary N) is 1. The summed E-state index contributed by atoms with van der Waals surface area (Å²) in [7, 11) is 0. The fourth-order valence-electron chi connectivity index (χ4n) is 4.22. The molecule has 0 saturated carbocycles. The summed E-state index contributed by atoms with van der Waals surface area (Å²) < 4.78 is 11.2. The van der Waals surface area contributed by atoms with Gasteiger partial charge in [-0.05, 0) is 18.1 Å². The van der Waals surface area contributed by atoms with E-state index in [0.29, 0.717) is 5.75 Å². The lowest BCUT2D eigenvalue weighted by Gasteiger charge is -2.14. The zero-order valence-electron chi connectivity index (χ0n) is 21.4. The maximum absolute atomic E-state index is 11.8. The first-order valence-electron chi connectivity index (χ1n) is 12.7. The molecule has 2 N–H and O–H groups in total. The minimum Gasteiger partial charge on any atom is -0.480 e. The third-order valence-electron chi connectivity index (χ3n) is 6.25. The molecule has 5 rings (SSSR count). The van der Waals surface area contributed by atoms with E-state index in [1.54, 1.807) is 11.3 Å². The highest BCUT2D eigenvalue weighted by Gasteiger charge is 2.21. The third kappa shape index (κ3) is 6.26. The number of furan rings is 1. The molecule has 1 atom stereocenters. The van der Waals surface area contributed by atoms with Gasteiger partial charge in [-0.1, -0.05) is 74.0 Å². The number of carbonyl (C=O) groups is 2. The Balaban J connectivity index is 1.22. The third-order valence-corrected chi connectivity index (χ3v) is 8.26. The number of hydrogen-bond acceptors (Lipinski definition) is 7. The Morgan fingerprint density at radius 1 is 1.05 bits per heavy atom. The Bertz CT molecular complexity index is 1590. The zero-order valence-corrected chi connectivity index (χ0v) is 23.0. The molecular weight excluding hydrogens is 532 g/mol. The second kappa shape index (κ2) is 12.4. The Kier molecular flexibility index (Phi) is 8.48. The molecule has 2 aromatic heterocycles. The van der Waals surface area contributed by atoms with Crippen molar-refractivity contribution in [1.29, 1.82) is 0 Å². The summed E-state index contributed by atoms with van der Waals surface area (Å²) in [6.07, 6.45) is 0.934. The molecule has 200 valence electrons. The van der Waals surface area contributed by atoms with Crippen LogP contribution in [0.3, 0.4) is 0 Å². The Hall–Kier alpha value is -3.82. The molecule has 0 fully saturated rings. The van der Waals surface area contributed by atoms with Gasteiger partial charge in [0.1, 0.15) is 22.2 Å². The molecule has 9 heteroatoms. The number of unbranched alkanes of at least 4 members (excludes halogenated alkanes) is 1. The first kappa shape index (κ1) is 26.8. The van der Waals surface area contributed by atoms with Crippen LogP contribution < -0.4 is 5.32 Å². The number of rotatable bonds is 11. The van der Waals surface area contributed by atoms with Crippen LogP contribution in [0.4, 0.5) is 4.79 Å². The zero-order chi connectivity index (χ0) is 27.2. The molecule has 0 spiro atoms. The predicted molar refractivity (Wildman–Crippen MR) is 157 cm³/mol. The number of fused-ring (bicyclic) bond motifs is 3. The molecule has 1 unspecified atom stereocenters. The largest absolute Gasteiger partial charge is 0.480 e. The molecule has 2 heterocycles. The van der Waals surface area contributed by atoms with Crippen LogP contribution in [0, 0.1) is 0 Å². The van der Waals surface area contributed by atoms with E-state index < -0.39 is 18.1 Å². The van der Waals surface area contributed by atoms with Crippen molar-refractivity contribution < 1.29 is 23.8 Å². The standard InChI is InChI=1S/C30H28N2O5S2/c1-2-3-15-36-30(35)32-25(29(33)34)18-38-16-21-17-39-28(31-21)20-13-11-19(12-14-20)22-8-6-9-24-23-7-4-5-10-26(23)37-27(22)24/h4-14,17,25H,2-3,15-16,18H2,1H3,(H,32,35)(H,33,34). The lowest BCUT2D eigenvalue weighted by molar-refractivity contribution is -0.138. The van der Waals surface area contributed by atoms with E-state index in [1.807, 2.05) is 30.5 Å². The van der Waals surface area contributed by atoms with E-state index >= 15 is 0 Å². The number of carboxylic acid groups (broad SMARTS) is 1. The van der Waals surface area contributed by atoms with Gasteiger partial charge in [0.2, 0.25) is 0 Å². The normalized spacial score (nSPS) is 12.0. The van der Waals surface area contributed by atoms with E-state index in [4.69, 9.17) is 14.1 Å². The summed E-state index contributed by atoms with van der Waals surface area (Å²) in [6.45, 7) is 2.27. The van der Waals surface area contributed by atoms with Gasteiger partial charge in [0.05, 0.1) is 12.3 Å². The molecule has 39 heavy (non-hydrogen) atoms. The quantitative estimate of drug-likeness (QED) is 0.160. The van der Waals surface area contributed by atoms with Crippen molar-refractivity contribution in [3.05, 3.63) is 77.8 Å². The summed E-state index contributed by atoms with van der Waals surface area (Å²) in [5, 5.41) is 16.9. The average Bonchev–Trinajstić information content (AvgIpc) is 3.57. The molecule has 7 nitrogen and oxygen atoms in total. The van der Waals surface area contributed by atoms with Gasteiger partial charge in [-0.3, -0.25) is 0 Å². The predicted octanol–water partition coefficient (Wildman–Crippen LogP) is 7.59. The topological polar surface area (TPSA) is 102 Å². The highest BCUT2D eigenvalue weighted by Crippen LogP contribution is 2.36. The second-order valence-electron chi connectivity index (χ2n) is 9.04. The number of carboxylic acids is 1. The number of amides is 1. The van der Waals surface area contributed by atoms with Gasteiger partial charge < -0.3 is 19.6 Å². The smallest absolute Gasteiger partial charge is 0.407 e. The minimum atomic E-state index is -1.09. The highest BCUT2D eigenvalue weighted by atomic mass is 32.2. The second-order valence-corrected chi connectivity index (χ2v) is 10.9. The van der Waals surface area contributed by atoms with E-state index in [2.05, 4.69) is 53.8 Å². The molecule has 1 amide bonds. The molecule has 0 aliphatic heterocycles. The van der Waals surface area contributed by atoms with E-state index in [9.17, 15) is 14.7 Å². The minimum absolute atomic E-state index is 0.215. The number of ether oxygens (including phenoxy) is 1. The first-order chi connectivity index (χ1) is 19.0. The fraction of sp³-hybridized carbons (Fsp3) is 0.233. The van der Waals surface area contributed by atoms with Crippen LogP contribution in [0.5, 0.6) is 0 Å². The number of benzene rings is 3. The number of carbonyl (C=O) groups excluding carboxylic acids is 1. The van der Waals surface area contributed by atoms with Crippen molar-refractivity contribution in [2.24, 2.45) is 0 Å². The Labute approximate surface area is 234 Å². The van der Waals surface area contributed by atoms with Gasteiger partial charge in [0, 0.05) is 38.8 Å². The summed E-state index contributed by atoms with van der Waals surface area (Å²) in [4.78, 5) is 28.1. The lowest BCUT2D eigenvalue weighted by Crippen LogP contribution is -2.43. The molecule has 3 aromatic carbocycles. The number of aromatic nitrogens is 1. The number of hydrogen-bond donors (Lipinski definition) is 2. The van der Waals surface area contributed by atoms with Gasteiger partial charge >= 0.3 is 12.1 Å². The van der Waals surface area contributed by atoms with E-state index in [-0.39, 0.29) is 12.4 Å². The van der Waals surface area contributed by atoms with Crippen molar-refractivity contribution in [3.63, 3.8) is 0 Å². The number of alkyl carbamates (subject to hydrolysis) is 1. The Morgan fingerprint density at radius 2 is 1.82 bits per heavy atom. The van der Waals surface area contributed by atoms with Crippen LogP contribution in [0.2, 0.25) is 0 Å². The lowest BCUT2D eigenvalue weighted by atomic mass is 10.0. The Morgan fingerprint density at radius 3 is 2.62 bits per heavy atom. The van der Waals surface area contributed by atoms with Crippen molar-refractivity contribution in [3.8, 4) is 21.7 Å². The van der Waals surface area contributed by atoms with Crippen LogP contribution >= 0.6 is 23.1 Å². The summed E-state index contributed by atoms with van der Waals surface area (Å²) in [6, 6.07) is 21.5. The average molecular weight is 561 g/mol. The molecule has 5 aromatic rings. The van der Waals surface area contributed by atoms with Gasteiger partial charge in [-0.25, -0.2) is 14.6 Å². The van der Waals surface area contributed by atoms with Crippen LogP contribution in [-0.2, 0) is 15.3 Å². The number of para-hydroxylation sites is 2. The molecular formula is C30H28N2O5S2. The SMILES string of the molecule is CCCCOC(=O)NC(CSCc1csc(-c2ccc(-c3cccc4c3oc3ccccc34)cc2)n1)C(=O)O. The van der Waals surface area contributed by atoms with Gasteiger partial charge in [0.15, 0.2) is 0 Å². The van der Waals surface area contributed by atoms with E-state index in [1.165, 1.54) is 11.8 Å². The molecule has 0 radical (unpaired) electrons. The van der Waals surface area contributed by atoms with Gasteiger partial charge in [0.25, 0.3) is 0 Å². The monoisotopic (exact) mass is 560 g/mol.